The van der Waals surface area contributed by atoms with E-state index in [4.69, 9.17) is 4.42 Å². The second-order valence-corrected chi connectivity index (χ2v) is 5.23. The molecule has 1 aliphatic rings. The molecule has 0 N–H and O–H groups in total. The molecule has 0 saturated carbocycles. The standard InChI is InChI=1S/C18H20N2O/c1-3-9-16(10-4-1)17-15-19-18(21-17)11-5-8-14-20-12-6-2-7-13-20/h1,3-5,8-11,14-15H,2,6-7,12-13H2. The lowest BCUT2D eigenvalue weighted by molar-refractivity contribution is 0.309. The molecule has 0 atom stereocenters. The van der Waals surface area contributed by atoms with Crippen molar-refractivity contribution < 1.29 is 4.42 Å². The van der Waals surface area contributed by atoms with E-state index in [1.807, 2.05) is 42.5 Å². The van der Waals surface area contributed by atoms with E-state index in [9.17, 15) is 0 Å². The van der Waals surface area contributed by atoms with Crippen LogP contribution in [0.1, 0.15) is 25.2 Å². The van der Waals surface area contributed by atoms with Crippen LogP contribution in [-0.4, -0.2) is 23.0 Å². The van der Waals surface area contributed by atoms with E-state index >= 15 is 0 Å². The largest absolute Gasteiger partial charge is 0.437 e. The number of likely N-dealkylation sites (tertiary alicyclic amines) is 1. The molecule has 1 fully saturated rings. The Balaban J connectivity index is 1.59. The molecular formula is C18H20N2O. The predicted octanol–water partition coefficient (Wildman–Crippen LogP) is 4.35. The van der Waals surface area contributed by atoms with Crippen molar-refractivity contribution in [1.82, 2.24) is 9.88 Å². The van der Waals surface area contributed by atoms with Gasteiger partial charge in [0.15, 0.2) is 5.76 Å². The lowest BCUT2D eigenvalue weighted by atomic mass is 10.1. The van der Waals surface area contributed by atoms with Crippen LogP contribution < -0.4 is 0 Å². The van der Waals surface area contributed by atoms with E-state index < -0.39 is 0 Å². The van der Waals surface area contributed by atoms with Crippen LogP contribution in [0.2, 0.25) is 0 Å². The molecule has 2 aromatic rings. The van der Waals surface area contributed by atoms with Crippen LogP contribution in [0.3, 0.4) is 0 Å². The number of allylic oxidation sites excluding steroid dienone is 2. The van der Waals surface area contributed by atoms with Crippen molar-refractivity contribution in [3.63, 3.8) is 0 Å². The third kappa shape index (κ3) is 3.85. The smallest absolute Gasteiger partial charge is 0.219 e. The number of benzene rings is 1. The summed E-state index contributed by atoms with van der Waals surface area (Å²) >= 11 is 0. The first-order valence-corrected chi connectivity index (χ1v) is 7.52. The lowest BCUT2D eigenvalue weighted by Crippen LogP contribution is -2.23. The van der Waals surface area contributed by atoms with Crippen molar-refractivity contribution in [2.45, 2.75) is 19.3 Å². The second-order valence-electron chi connectivity index (χ2n) is 5.23. The van der Waals surface area contributed by atoms with Crippen molar-refractivity contribution in [3.05, 3.63) is 60.8 Å². The van der Waals surface area contributed by atoms with E-state index in [1.54, 1.807) is 6.20 Å². The molecule has 2 heterocycles. The third-order valence-corrected chi connectivity index (χ3v) is 3.62. The minimum atomic E-state index is 0.636. The fourth-order valence-electron chi connectivity index (χ4n) is 2.48. The van der Waals surface area contributed by atoms with Gasteiger partial charge >= 0.3 is 0 Å². The Labute approximate surface area is 125 Å². The van der Waals surface area contributed by atoms with E-state index in [1.165, 1.54) is 32.4 Å². The van der Waals surface area contributed by atoms with E-state index in [2.05, 4.69) is 22.2 Å². The van der Waals surface area contributed by atoms with Crippen LogP contribution in [0, 0.1) is 0 Å². The number of piperidine rings is 1. The Morgan fingerprint density at radius 1 is 1.00 bits per heavy atom. The maximum absolute atomic E-state index is 5.72. The number of nitrogens with zero attached hydrogens (tertiary/aromatic N) is 2. The van der Waals surface area contributed by atoms with Crippen LogP contribution in [0.4, 0.5) is 0 Å². The number of hydrogen-bond donors (Lipinski definition) is 0. The van der Waals surface area contributed by atoms with E-state index in [0.29, 0.717) is 5.89 Å². The van der Waals surface area contributed by atoms with E-state index in [0.717, 1.165) is 11.3 Å². The Kier molecular flexibility index (Phi) is 4.52. The van der Waals surface area contributed by atoms with E-state index in [-0.39, 0.29) is 0 Å². The fraction of sp³-hybridized carbons (Fsp3) is 0.278. The summed E-state index contributed by atoms with van der Waals surface area (Å²) in [6.45, 7) is 2.34. The first-order valence-electron chi connectivity index (χ1n) is 7.52. The summed E-state index contributed by atoms with van der Waals surface area (Å²) in [5, 5.41) is 0. The SMILES string of the molecule is C(C=CN1CCCCC1)=Cc1ncc(-c2ccccc2)o1. The molecule has 0 spiro atoms. The normalized spacial score (nSPS) is 16.1. The fourth-order valence-corrected chi connectivity index (χ4v) is 2.48. The molecule has 3 nitrogen and oxygen atoms in total. The number of hydrogen-bond acceptors (Lipinski definition) is 3. The van der Waals surface area contributed by atoms with Crippen molar-refractivity contribution in [3.8, 4) is 11.3 Å². The molecule has 1 aromatic heterocycles. The van der Waals surface area contributed by atoms with Gasteiger partial charge in [0.05, 0.1) is 6.20 Å². The van der Waals surface area contributed by atoms with Crippen molar-refractivity contribution >= 4 is 6.08 Å². The summed E-state index contributed by atoms with van der Waals surface area (Å²) < 4.78 is 5.72. The molecule has 3 heteroatoms. The predicted molar refractivity (Wildman–Crippen MR) is 85.5 cm³/mol. The Bertz CT molecular complexity index is 607. The Hall–Kier alpha value is -2.29. The van der Waals surface area contributed by atoms with Gasteiger partial charge in [-0.3, -0.25) is 0 Å². The molecule has 0 unspecified atom stereocenters. The van der Waals surface area contributed by atoms with Crippen molar-refractivity contribution in [2.24, 2.45) is 0 Å². The molecule has 0 radical (unpaired) electrons. The topological polar surface area (TPSA) is 29.3 Å². The van der Waals surface area contributed by atoms with Crippen LogP contribution in [0.25, 0.3) is 17.4 Å². The summed E-state index contributed by atoms with van der Waals surface area (Å²) in [4.78, 5) is 6.64. The van der Waals surface area contributed by atoms with Gasteiger partial charge in [0.2, 0.25) is 5.89 Å². The summed E-state index contributed by atoms with van der Waals surface area (Å²) in [7, 11) is 0. The zero-order valence-corrected chi connectivity index (χ0v) is 12.1. The Morgan fingerprint density at radius 2 is 1.81 bits per heavy atom. The van der Waals surface area contributed by atoms with Gasteiger partial charge in [0, 0.05) is 24.7 Å². The highest BCUT2D eigenvalue weighted by Gasteiger charge is 2.04. The monoisotopic (exact) mass is 280 g/mol. The van der Waals surface area contributed by atoms with Gasteiger partial charge in [-0.05, 0) is 31.5 Å². The highest BCUT2D eigenvalue weighted by atomic mass is 16.4. The zero-order valence-electron chi connectivity index (χ0n) is 12.1. The molecule has 0 amide bonds. The molecule has 21 heavy (non-hydrogen) atoms. The maximum Gasteiger partial charge on any atom is 0.219 e. The minimum absolute atomic E-state index is 0.636. The van der Waals surface area contributed by atoms with Gasteiger partial charge in [-0.2, -0.15) is 0 Å². The average molecular weight is 280 g/mol. The molecule has 1 aromatic carbocycles. The van der Waals surface area contributed by atoms with Gasteiger partial charge in [0.1, 0.15) is 0 Å². The molecule has 1 saturated heterocycles. The molecular weight excluding hydrogens is 260 g/mol. The van der Waals surface area contributed by atoms with Gasteiger partial charge in [-0.1, -0.05) is 36.4 Å². The number of oxazole rings is 1. The molecule has 1 aliphatic heterocycles. The van der Waals surface area contributed by atoms with Crippen molar-refractivity contribution in [1.29, 1.82) is 0 Å². The van der Waals surface area contributed by atoms with Crippen LogP contribution >= 0.6 is 0 Å². The Morgan fingerprint density at radius 3 is 2.62 bits per heavy atom. The highest BCUT2D eigenvalue weighted by Crippen LogP contribution is 2.20. The zero-order chi connectivity index (χ0) is 14.3. The van der Waals surface area contributed by atoms with Gasteiger partial charge < -0.3 is 9.32 Å². The summed E-state index contributed by atoms with van der Waals surface area (Å²) in [6, 6.07) is 10.0. The van der Waals surface area contributed by atoms with Crippen LogP contribution in [-0.2, 0) is 0 Å². The van der Waals surface area contributed by atoms with Crippen molar-refractivity contribution in [2.75, 3.05) is 13.1 Å². The van der Waals surface area contributed by atoms with Crippen LogP contribution in [0.5, 0.6) is 0 Å². The van der Waals surface area contributed by atoms with Gasteiger partial charge in [0.25, 0.3) is 0 Å². The highest BCUT2D eigenvalue weighted by molar-refractivity contribution is 5.57. The molecule has 108 valence electrons. The maximum atomic E-state index is 5.72. The first kappa shape index (κ1) is 13.7. The van der Waals surface area contributed by atoms with Gasteiger partial charge in [-0.25, -0.2) is 4.98 Å². The summed E-state index contributed by atoms with van der Waals surface area (Å²) in [5.74, 6) is 1.44. The minimum Gasteiger partial charge on any atom is -0.437 e. The lowest BCUT2D eigenvalue weighted by Gasteiger charge is -2.24. The summed E-state index contributed by atoms with van der Waals surface area (Å²) in [5.41, 5.74) is 1.05. The van der Waals surface area contributed by atoms with Crippen LogP contribution in [0.15, 0.2) is 59.3 Å². The summed E-state index contributed by atoms with van der Waals surface area (Å²) in [6.07, 6.45) is 13.8. The first-order chi connectivity index (χ1) is 10.4. The number of aromatic nitrogens is 1. The second kappa shape index (κ2) is 6.93. The average Bonchev–Trinajstić information content (AvgIpc) is 3.02. The molecule has 0 bridgehead atoms. The quantitative estimate of drug-likeness (QED) is 0.779. The number of rotatable bonds is 4. The third-order valence-electron chi connectivity index (χ3n) is 3.62. The molecule has 3 rings (SSSR count). The molecule has 0 aliphatic carbocycles. The van der Waals surface area contributed by atoms with Gasteiger partial charge in [-0.15, -0.1) is 0 Å².